The van der Waals surface area contributed by atoms with Crippen LogP contribution in [0.25, 0.3) is 0 Å². The lowest BCUT2D eigenvalue weighted by Crippen LogP contribution is -2.41. The van der Waals surface area contributed by atoms with Gasteiger partial charge in [-0.25, -0.2) is 0 Å². The van der Waals surface area contributed by atoms with Crippen molar-refractivity contribution >= 4 is 5.91 Å². The lowest BCUT2D eigenvalue weighted by atomic mass is 10.0. The third-order valence-corrected chi connectivity index (χ3v) is 4.27. The standard InChI is InChI=1S/C21H28N2O3/c1-4-23(5-2)20(17-11-7-6-8-12-17)21(24)22-15-16-26-19-14-10-9-13-18(19)25-3/h6-14,20H,4-5,15-16H2,1-3H3,(H,22,24). The summed E-state index contributed by atoms with van der Waals surface area (Å²) >= 11 is 0. The molecule has 5 nitrogen and oxygen atoms in total. The van der Waals surface area contributed by atoms with Crippen molar-refractivity contribution in [2.75, 3.05) is 33.4 Å². The molecule has 0 aromatic heterocycles. The van der Waals surface area contributed by atoms with Crippen LogP contribution in [-0.2, 0) is 4.79 Å². The fourth-order valence-electron chi connectivity index (χ4n) is 2.92. The molecule has 2 rings (SSSR count). The molecule has 0 spiro atoms. The molecule has 1 atom stereocenters. The number of methoxy groups -OCH3 is 1. The molecule has 0 saturated carbocycles. The molecule has 0 fully saturated rings. The van der Waals surface area contributed by atoms with Crippen LogP contribution in [-0.4, -0.2) is 44.2 Å². The van der Waals surface area contributed by atoms with Crippen molar-refractivity contribution in [2.24, 2.45) is 0 Å². The summed E-state index contributed by atoms with van der Waals surface area (Å²) in [5.41, 5.74) is 0.999. The van der Waals surface area contributed by atoms with Crippen LogP contribution in [0.2, 0.25) is 0 Å². The van der Waals surface area contributed by atoms with Gasteiger partial charge in [0.05, 0.1) is 13.7 Å². The van der Waals surface area contributed by atoms with E-state index in [-0.39, 0.29) is 11.9 Å². The summed E-state index contributed by atoms with van der Waals surface area (Å²) in [5.74, 6) is 1.35. The van der Waals surface area contributed by atoms with Crippen molar-refractivity contribution in [3.8, 4) is 11.5 Å². The molecule has 2 aromatic rings. The van der Waals surface area contributed by atoms with Crippen molar-refractivity contribution in [3.63, 3.8) is 0 Å². The van der Waals surface area contributed by atoms with Crippen molar-refractivity contribution in [1.82, 2.24) is 10.2 Å². The highest BCUT2D eigenvalue weighted by Gasteiger charge is 2.25. The van der Waals surface area contributed by atoms with E-state index in [9.17, 15) is 4.79 Å². The van der Waals surface area contributed by atoms with Gasteiger partial charge in [-0.15, -0.1) is 0 Å². The molecular weight excluding hydrogens is 328 g/mol. The largest absolute Gasteiger partial charge is 0.493 e. The summed E-state index contributed by atoms with van der Waals surface area (Å²) in [7, 11) is 1.61. The summed E-state index contributed by atoms with van der Waals surface area (Å²) in [5, 5.41) is 2.99. The van der Waals surface area contributed by atoms with Crippen molar-refractivity contribution in [2.45, 2.75) is 19.9 Å². The van der Waals surface area contributed by atoms with Gasteiger partial charge in [0.1, 0.15) is 12.6 Å². The number of carbonyl (C=O) groups excluding carboxylic acids is 1. The molecule has 0 aliphatic carbocycles. The Kier molecular flexibility index (Phi) is 7.96. The van der Waals surface area contributed by atoms with Gasteiger partial charge in [-0.1, -0.05) is 56.3 Å². The zero-order chi connectivity index (χ0) is 18.8. The minimum atomic E-state index is -0.294. The van der Waals surface area contributed by atoms with Crippen LogP contribution in [0.1, 0.15) is 25.5 Å². The molecule has 0 radical (unpaired) electrons. The number of nitrogens with one attached hydrogen (secondary N) is 1. The Hall–Kier alpha value is -2.53. The molecule has 1 N–H and O–H groups in total. The van der Waals surface area contributed by atoms with Crippen molar-refractivity contribution in [3.05, 3.63) is 60.2 Å². The maximum atomic E-state index is 12.8. The number of nitrogens with zero attached hydrogens (tertiary/aromatic N) is 1. The summed E-state index contributed by atoms with van der Waals surface area (Å²) in [6.07, 6.45) is 0. The summed E-state index contributed by atoms with van der Waals surface area (Å²) < 4.78 is 11.0. The Balaban J connectivity index is 1.95. The third kappa shape index (κ3) is 5.23. The van der Waals surface area contributed by atoms with Crippen LogP contribution in [0.5, 0.6) is 11.5 Å². The molecule has 1 amide bonds. The van der Waals surface area contributed by atoms with E-state index < -0.39 is 0 Å². The van der Waals surface area contributed by atoms with Gasteiger partial charge in [-0.05, 0) is 30.8 Å². The van der Waals surface area contributed by atoms with E-state index >= 15 is 0 Å². The number of likely N-dealkylation sites (N-methyl/N-ethyl adjacent to an activating group) is 1. The summed E-state index contributed by atoms with van der Waals surface area (Å²) in [6, 6.07) is 17.1. The van der Waals surface area contributed by atoms with Gasteiger partial charge in [0, 0.05) is 0 Å². The summed E-state index contributed by atoms with van der Waals surface area (Å²) in [6.45, 7) is 6.56. The molecule has 0 heterocycles. The first-order valence-electron chi connectivity index (χ1n) is 9.03. The number of hydrogen-bond donors (Lipinski definition) is 1. The van der Waals surface area contributed by atoms with Gasteiger partial charge in [0.15, 0.2) is 11.5 Å². The maximum absolute atomic E-state index is 12.8. The van der Waals surface area contributed by atoms with Crippen molar-refractivity contribution < 1.29 is 14.3 Å². The fraction of sp³-hybridized carbons (Fsp3) is 0.381. The zero-order valence-electron chi connectivity index (χ0n) is 15.8. The predicted molar refractivity (Wildman–Crippen MR) is 104 cm³/mol. The second-order valence-corrected chi connectivity index (χ2v) is 5.82. The van der Waals surface area contributed by atoms with Crippen LogP contribution in [0.3, 0.4) is 0 Å². The average molecular weight is 356 g/mol. The minimum absolute atomic E-state index is 0.0106. The Morgan fingerprint density at radius 3 is 2.23 bits per heavy atom. The predicted octanol–water partition coefficient (Wildman–Crippen LogP) is 3.27. The van der Waals surface area contributed by atoms with Crippen LogP contribution in [0.4, 0.5) is 0 Å². The van der Waals surface area contributed by atoms with Gasteiger partial charge in [-0.3, -0.25) is 9.69 Å². The number of rotatable bonds is 10. The molecule has 0 aliphatic heterocycles. The molecule has 0 bridgehead atoms. The van der Waals surface area contributed by atoms with Crippen molar-refractivity contribution in [1.29, 1.82) is 0 Å². The second-order valence-electron chi connectivity index (χ2n) is 5.82. The highest BCUT2D eigenvalue weighted by atomic mass is 16.5. The van der Waals surface area contributed by atoms with Crippen LogP contribution in [0.15, 0.2) is 54.6 Å². The second kappa shape index (κ2) is 10.5. The normalized spacial score (nSPS) is 11.8. The zero-order valence-corrected chi connectivity index (χ0v) is 15.8. The third-order valence-electron chi connectivity index (χ3n) is 4.27. The van der Waals surface area contributed by atoms with E-state index in [1.54, 1.807) is 7.11 Å². The van der Waals surface area contributed by atoms with Gasteiger partial charge in [-0.2, -0.15) is 0 Å². The van der Waals surface area contributed by atoms with E-state index in [0.29, 0.717) is 24.7 Å². The van der Waals surface area contributed by atoms with E-state index in [1.807, 2.05) is 54.6 Å². The molecule has 1 unspecified atom stereocenters. The van der Waals surface area contributed by atoms with E-state index in [0.717, 1.165) is 18.7 Å². The van der Waals surface area contributed by atoms with Crippen LogP contribution < -0.4 is 14.8 Å². The number of amides is 1. The molecule has 0 aliphatic rings. The number of hydrogen-bond acceptors (Lipinski definition) is 4. The maximum Gasteiger partial charge on any atom is 0.242 e. The Bertz CT molecular complexity index is 672. The van der Waals surface area contributed by atoms with E-state index in [1.165, 1.54) is 0 Å². The number of ether oxygens (including phenoxy) is 2. The smallest absolute Gasteiger partial charge is 0.242 e. The molecule has 2 aromatic carbocycles. The Labute approximate surface area is 155 Å². The fourth-order valence-corrected chi connectivity index (χ4v) is 2.92. The molecule has 0 saturated heterocycles. The lowest BCUT2D eigenvalue weighted by molar-refractivity contribution is -0.126. The highest BCUT2D eigenvalue weighted by Crippen LogP contribution is 2.25. The monoisotopic (exact) mass is 356 g/mol. The first-order valence-corrected chi connectivity index (χ1v) is 9.03. The molecular formula is C21H28N2O3. The molecule has 5 heteroatoms. The van der Waals surface area contributed by atoms with Crippen LogP contribution >= 0.6 is 0 Å². The van der Waals surface area contributed by atoms with E-state index in [4.69, 9.17) is 9.47 Å². The SMILES string of the molecule is CCN(CC)C(C(=O)NCCOc1ccccc1OC)c1ccccc1. The quantitative estimate of drug-likeness (QED) is 0.664. The first-order chi connectivity index (χ1) is 12.7. The number of para-hydroxylation sites is 2. The Morgan fingerprint density at radius 2 is 1.62 bits per heavy atom. The lowest BCUT2D eigenvalue weighted by Gasteiger charge is -2.29. The topological polar surface area (TPSA) is 50.8 Å². The highest BCUT2D eigenvalue weighted by molar-refractivity contribution is 5.83. The van der Waals surface area contributed by atoms with E-state index in [2.05, 4.69) is 24.1 Å². The number of benzene rings is 2. The van der Waals surface area contributed by atoms with Gasteiger partial charge in [0.25, 0.3) is 0 Å². The van der Waals surface area contributed by atoms with Crippen LogP contribution in [0, 0.1) is 0 Å². The summed E-state index contributed by atoms with van der Waals surface area (Å²) in [4.78, 5) is 14.9. The average Bonchev–Trinajstić information content (AvgIpc) is 2.70. The van der Waals surface area contributed by atoms with Gasteiger partial charge < -0.3 is 14.8 Å². The molecule has 26 heavy (non-hydrogen) atoms. The Morgan fingerprint density at radius 1 is 1.00 bits per heavy atom. The van der Waals surface area contributed by atoms with Gasteiger partial charge >= 0.3 is 0 Å². The number of carbonyl (C=O) groups is 1. The molecule has 140 valence electrons. The minimum Gasteiger partial charge on any atom is -0.493 e. The van der Waals surface area contributed by atoms with Gasteiger partial charge in [0.2, 0.25) is 5.91 Å². The first kappa shape index (κ1) is 19.8.